The lowest BCUT2D eigenvalue weighted by atomic mass is 9.93. The Hall–Kier alpha value is -1.92. The van der Waals surface area contributed by atoms with E-state index < -0.39 is 5.82 Å². The number of nitrogens with zero attached hydrogens (tertiary/aromatic N) is 2. The largest absolute Gasteiger partial charge is 0.364 e. The second-order valence-electron chi connectivity index (χ2n) is 5.74. The second kappa shape index (κ2) is 6.68. The molecule has 1 saturated heterocycles. The van der Waals surface area contributed by atoms with Gasteiger partial charge in [0.25, 0.3) is 5.91 Å². The Kier molecular flexibility index (Phi) is 4.63. The predicted molar refractivity (Wildman–Crippen MR) is 83.7 cm³/mol. The number of nitrogens with one attached hydrogen (secondary N) is 1. The molecule has 0 unspecified atom stereocenters. The van der Waals surface area contributed by atoms with Gasteiger partial charge in [-0.25, -0.2) is 4.39 Å². The lowest BCUT2D eigenvalue weighted by molar-refractivity contribution is 0.0934. The number of amides is 1. The van der Waals surface area contributed by atoms with Crippen molar-refractivity contribution in [3.8, 4) is 0 Å². The molecule has 2 aromatic rings. The molecular formula is C16H17ClFN3O2. The van der Waals surface area contributed by atoms with E-state index in [9.17, 15) is 9.18 Å². The van der Waals surface area contributed by atoms with Gasteiger partial charge in [-0.05, 0) is 43.6 Å². The van der Waals surface area contributed by atoms with E-state index in [1.165, 1.54) is 18.4 Å². The van der Waals surface area contributed by atoms with Crippen molar-refractivity contribution >= 4 is 17.5 Å². The maximum absolute atomic E-state index is 13.7. The third-order valence-corrected chi connectivity index (χ3v) is 4.56. The Morgan fingerprint density at radius 2 is 2.35 bits per heavy atom. The molecule has 0 spiro atoms. The van der Waals surface area contributed by atoms with Gasteiger partial charge in [0.1, 0.15) is 12.1 Å². The molecule has 1 aliphatic rings. The molecule has 0 saturated carbocycles. The van der Waals surface area contributed by atoms with Crippen LogP contribution in [0.5, 0.6) is 0 Å². The van der Waals surface area contributed by atoms with Gasteiger partial charge in [-0.3, -0.25) is 9.69 Å². The summed E-state index contributed by atoms with van der Waals surface area (Å²) in [5.74, 6) is -0.499. The fraction of sp³-hybridized carbons (Fsp3) is 0.375. The summed E-state index contributed by atoms with van der Waals surface area (Å²) in [5.41, 5.74) is 1.12. The van der Waals surface area contributed by atoms with Gasteiger partial charge in [-0.15, -0.1) is 0 Å². The molecule has 1 N–H and O–H groups in total. The Morgan fingerprint density at radius 1 is 1.52 bits per heavy atom. The number of rotatable bonds is 4. The summed E-state index contributed by atoms with van der Waals surface area (Å²) in [6, 6.07) is 6.44. The SMILES string of the molecule is CN1CC[C@@H](CNC(=O)c2ccon2)[C@H]1c1ccc(Cl)c(F)c1. The number of likely N-dealkylation sites (tertiary alicyclic amines) is 1. The summed E-state index contributed by atoms with van der Waals surface area (Å²) in [6.45, 7) is 1.38. The van der Waals surface area contributed by atoms with E-state index in [1.54, 1.807) is 6.07 Å². The topological polar surface area (TPSA) is 58.4 Å². The molecule has 0 radical (unpaired) electrons. The predicted octanol–water partition coefficient (Wildman–Crippen LogP) is 2.89. The maximum atomic E-state index is 13.7. The van der Waals surface area contributed by atoms with Gasteiger partial charge in [-0.1, -0.05) is 22.8 Å². The zero-order chi connectivity index (χ0) is 16.4. The maximum Gasteiger partial charge on any atom is 0.273 e. The quantitative estimate of drug-likeness (QED) is 0.932. The Bertz CT molecular complexity index is 693. The highest BCUT2D eigenvalue weighted by Crippen LogP contribution is 2.36. The van der Waals surface area contributed by atoms with Gasteiger partial charge < -0.3 is 9.84 Å². The van der Waals surface area contributed by atoms with E-state index in [1.807, 2.05) is 13.1 Å². The van der Waals surface area contributed by atoms with Gasteiger partial charge in [0.15, 0.2) is 5.69 Å². The van der Waals surface area contributed by atoms with Gasteiger partial charge in [0, 0.05) is 18.7 Å². The van der Waals surface area contributed by atoms with Crippen molar-refractivity contribution in [1.29, 1.82) is 0 Å². The van der Waals surface area contributed by atoms with E-state index in [2.05, 4.69) is 19.9 Å². The first-order valence-corrected chi connectivity index (χ1v) is 7.78. The van der Waals surface area contributed by atoms with Crippen molar-refractivity contribution in [2.45, 2.75) is 12.5 Å². The number of carbonyl (C=O) groups excluding carboxylic acids is 1. The van der Waals surface area contributed by atoms with E-state index in [4.69, 9.17) is 11.6 Å². The summed E-state index contributed by atoms with van der Waals surface area (Å²) in [4.78, 5) is 14.1. The lowest BCUT2D eigenvalue weighted by Crippen LogP contribution is -2.32. The van der Waals surface area contributed by atoms with Crippen LogP contribution < -0.4 is 5.32 Å². The van der Waals surface area contributed by atoms with Crippen LogP contribution in [0, 0.1) is 11.7 Å². The van der Waals surface area contributed by atoms with Crippen molar-refractivity contribution in [2.24, 2.45) is 5.92 Å². The zero-order valence-corrected chi connectivity index (χ0v) is 13.4. The first-order chi connectivity index (χ1) is 11.1. The molecule has 0 bridgehead atoms. The van der Waals surface area contributed by atoms with Gasteiger partial charge >= 0.3 is 0 Å². The third-order valence-electron chi connectivity index (χ3n) is 4.25. The molecule has 1 aliphatic heterocycles. The molecule has 1 amide bonds. The van der Waals surface area contributed by atoms with E-state index in [-0.39, 0.29) is 28.6 Å². The van der Waals surface area contributed by atoms with Crippen molar-refractivity contribution in [2.75, 3.05) is 20.1 Å². The van der Waals surface area contributed by atoms with Gasteiger partial charge in [0.05, 0.1) is 5.02 Å². The van der Waals surface area contributed by atoms with Crippen molar-refractivity contribution in [3.63, 3.8) is 0 Å². The monoisotopic (exact) mass is 337 g/mol. The Morgan fingerprint density at radius 3 is 3.04 bits per heavy atom. The number of carbonyl (C=O) groups is 1. The molecule has 1 aromatic carbocycles. The van der Waals surface area contributed by atoms with Crippen LogP contribution in [0.25, 0.3) is 0 Å². The third kappa shape index (κ3) is 3.38. The van der Waals surface area contributed by atoms with Gasteiger partial charge in [-0.2, -0.15) is 0 Å². The summed E-state index contributed by atoms with van der Waals surface area (Å²) in [5, 5.41) is 6.59. The minimum atomic E-state index is -0.421. The highest BCUT2D eigenvalue weighted by molar-refractivity contribution is 6.30. The van der Waals surface area contributed by atoms with E-state index in [0.29, 0.717) is 6.54 Å². The van der Waals surface area contributed by atoms with Gasteiger partial charge in [0.2, 0.25) is 0 Å². The first kappa shape index (κ1) is 16.0. The average molecular weight is 338 g/mol. The molecule has 2 atom stereocenters. The lowest BCUT2D eigenvalue weighted by Gasteiger charge is -2.26. The highest BCUT2D eigenvalue weighted by Gasteiger charge is 2.33. The standard InChI is InChI=1S/C16H17ClFN3O2/c1-21-6-4-11(9-19-16(22)14-5-7-23-20-14)15(21)10-2-3-12(17)13(18)8-10/h2-3,5,7-8,11,15H,4,6,9H2,1H3,(H,19,22)/t11-,15+/m0/s1. The summed E-state index contributed by atoms with van der Waals surface area (Å²) in [7, 11) is 2.00. The minimum absolute atomic E-state index is 0.0411. The van der Waals surface area contributed by atoms with Crippen LogP contribution in [0.1, 0.15) is 28.5 Å². The van der Waals surface area contributed by atoms with Crippen LogP contribution in [0.3, 0.4) is 0 Å². The molecule has 0 aliphatic carbocycles. The summed E-state index contributed by atoms with van der Waals surface area (Å²) >= 11 is 5.76. The number of benzene rings is 1. The van der Waals surface area contributed by atoms with Crippen molar-refractivity contribution in [1.82, 2.24) is 15.4 Å². The number of hydrogen-bond donors (Lipinski definition) is 1. The molecule has 2 heterocycles. The normalized spacial score (nSPS) is 21.5. The van der Waals surface area contributed by atoms with E-state index >= 15 is 0 Å². The molecule has 1 fully saturated rings. The molecule has 5 nitrogen and oxygen atoms in total. The molecule has 1 aromatic heterocycles. The van der Waals surface area contributed by atoms with E-state index in [0.717, 1.165) is 18.5 Å². The zero-order valence-electron chi connectivity index (χ0n) is 12.6. The minimum Gasteiger partial charge on any atom is -0.364 e. The van der Waals surface area contributed by atoms with Crippen molar-refractivity contribution in [3.05, 3.63) is 52.6 Å². The molecule has 3 rings (SSSR count). The van der Waals surface area contributed by atoms with Crippen LogP contribution in [0.15, 0.2) is 35.1 Å². The van der Waals surface area contributed by atoms with Crippen LogP contribution in [-0.2, 0) is 0 Å². The molecule has 23 heavy (non-hydrogen) atoms. The second-order valence-corrected chi connectivity index (χ2v) is 6.15. The first-order valence-electron chi connectivity index (χ1n) is 7.40. The number of hydrogen-bond acceptors (Lipinski definition) is 4. The van der Waals surface area contributed by atoms with Crippen LogP contribution in [-0.4, -0.2) is 36.1 Å². The summed E-state index contributed by atoms with van der Waals surface area (Å²) in [6.07, 6.45) is 2.28. The molecular weight excluding hydrogens is 321 g/mol. The Balaban J connectivity index is 1.71. The van der Waals surface area contributed by atoms with Crippen LogP contribution >= 0.6 is 11.6 Å². The smallest absolute Gasteiger partial charge is 0.273 e. The van der Waals surface area contributed by atoms with Crippen molar-refractivity contribution < 1.29 is 13.7 Å². The fourth-order valence-corrected chi connectivity index (χ4v) is 3.22. The Labute approximate surface area is 138 Å². The molecule has 122 valence electrons. The fourth-order valence-electron chi connectivity index (χ4n) is 3.11. The number of aromatic nitrogens is 1. The van der Waals surface area contributed by atoms with Crippen LogP contribution in [0.2, 0.25) is 5.02 Å². The van der Waals surface area contributed by atoms with Crippen LogP contribution in [0.4, 0.5) is 4.39 Å². The average Bonchev–Trinajstić information content (AvgIpc) is 3.18. The molecule has 7 heteroatoms. The number of halogens is 2. The highest BCUT2D eigenvalue weighted by atomic mass is 35.5. The summed E-state index contributed by atoms with van der Waals surface area (Å²) < 4.78 is 18.4.